The molecule has 0 aromatic rings. The van der Waals surface area contributed by atoms with Gasteiger partial charge >= 0.3 is 5.97 Å². The van der Waals surface area contributed by atoms with Gasteiger partial charge in [0.05, 0.1) is 19.2 Å². The zero-order valence-corrected chi connectivity index (χ0v) is 10.4. The molecule has 92 valence electrons. The zero-order chi connectivity index (χ0) is 12.2. The molecule has 0 atom stereocenters. The Hall–Kier alpha value is -1.08. The van der Waals surface area contributed by atoms with Crippen LogP contribution >= 0.6 is 0 Å². The quantitative estimate of drug-likeness (QED) is 0.342. The fraction of sp³-hybridized carbons (Fsp3) is 0.833. The van der Waals surface area contributed by atoms with Crippen LogP contribution in [0, 0.1) is 11.3 Å². The fourth-order valence-corrected chi connectivity index (χ4v) is 1.46. The molecule has 0 bridgehead atoms. The first-order chi connectivity index (χ1) is 7.74. The van der Waals surface area contributed by atoms with E-state index < -0.39 is 0 Å². The summed E-state index contributed by atoms with van der Waals surface area (Å²) in [4.78, 5) is 13.1. The molecule has 0 unspecified atom stereocenters. The summed E-state index contributed by atoms with van der Waals surface area (Å²) in [5, 5.41) is 8.55. The minimum Gasteiger partial charge on any atom is -0.466 e. The fourth-order valence-electron chi connectivity index (χ4n) is 1.46. The van der Waals surface area contributed by atoms with Crippen LogP contribution in [0.15, 0.2) is 0 Å². The van der Waals surface area contributed by atoms with Crippen molar-refractivity contribution in [3.8, 4) is 6.07 Å². The van der Waals surface area contributed by atoms with Crippen LogP contribution in [-0.4, -0.2) is 37.1 Å². The molecule has 16 heavy (non-hydrogen) atoms. The first-order valence-electron chi connectivity index (χ1n) is 5.99. The Bertz CT molecular complexity index is 224. The van der Waals surface area contributed by atoms with Gasteiger partial charge in [0.1, 0.15) is 0 Å². The van der Waals surface area contributed by atoms with Crippen LogP contribution < -0.4 is 0 Å². The molecular weight excluding hydrogens is 204 g/mol. The van der Waals surface area contributed by atoms with Gasteiger partial charge in [-0.25, -0.2) is 0 Å². The summed E-state index contributed by atoms with van der Waals surface area (Å²) in [6.45, 7) is 6.67. The average Bonchev–Trinajstić information content (AvgIpc) is 2.27. The van der Waals surface area contributed by atoms with Crippen LogP contribution in [0.1, 0.15) is 39.5 Å². The van der Waals surface area contributed by atoms with Gasteiger partial charge < -0.3 is 4.74 Å². The minimum atomic E-state index is -0.105. The van der Waals surface area contributed by atoms with E-state index in [4.69, 9.17) is 10.00 Å². The molecule has 0 aromatic carbocycles. The van der Waals surface area contributed by atoms with E-state index in [9.17, 15) is 4.79 Å². The Morgan fingerprint density at radius 2 is 2.06 bits per heavy atom. The van der Waals surface area contributed by atoms with Crippen molar-refractivity contribution in [2.75, 3.05) is 26.2 Å². The highest BCUT2D eigenvalue weighted by Gasteiger charge is 2.03. The van der Waals surface area contributed by atoms with E-state index in [1.807, 2.05) is 6.92 Å². The van der Waals surface area contributed by atoms with Gasteiger partial charge in [-0.2, -0.15) is 5.26 Å². The van der Waals surface area contributed by atoms with Crippen LogP contribution in [0.3, 0.4) is 0 Å². The molecular formula is C12H22N2O2. The number of esters is 1. The highest BCUT2D eigenvalue weighted by Crippen LogP contribution is 2.03. The van der Waals surface area contributed by atoms with E-state index >= 15 is 0 Å². The summed E-state index contributed by atoms with van der Waals surface area (Å²) < 4.78 is 4.84. The van der Waals surface area contributed by atoms with Crippen LogP contribution in [0.2, 0.25) is 0 Å². The first-order valence-corrected chi connectivity index (χ1v) is 5.99. The normalized spacial score (nSPS) is 10.1. The van der Waals surface area contributed by atoms with Crippen molar-refractivity contribution in [1.29, 1.82) is 5.26 Å². The average molecular weight is 226 g/mol. The van der Waals surface area contributed by atoms with E-state index in [-0.39, 0.29) is 5.97 Å². The SMILES string of the molecule is CCOC(=O)CCCCCN(CC)CC#N. The summed E-state index contributed by atoms with van der Waals surface area (Å²) in [6.07, 6.45) is 3.44. The number of carbonyl (C=O) groups is 1. The highest BCUT2D eigenvalue weighted by atomic mass is 16.5. The highest BCUT2D eigenvalue weighted by molar-refractivity contribution is 5.69. The van der Waals surface area contributed by atoms with Crippen LogP contribution in [0.5, 0.6) is 0 Å². The maximum Gasteiger partial charge on any atom is 0.305 e. The molecule has 0 heterocycles. The topological polar surface area (TPSA) is 53.3 Å². The maximum atomic E-state index is 11.0. The molecule has 0 N–H and O–H groups in total. The van der Waals surface area contributed by atoms with E-state index in [1.165, 1.54) is 0 Å². The molecule has 0 saturated carbocycles. The Morgan fingerprint density at radius 3 is 2.62 bits per heavy atom. The van der Waals surface area contributed by atoms with Crippen molar-refractivity contribution in [1.82, 2.24) is 4.90 Å². The summed E-state index contributed by atoms with van der Waals surface area (Å²) in [5.41, 5.74) is 0. The van der Waals surface area contributed by atoms with Crippen molar-refractivity contribution in [2.45, 2.75) is 39.5 Å². The third-order valence-electron chi connectivity index (χ3n) is 2.40. The second-order valence-corrected chi connectivity index (χ2v) is 3.64. The molecule has 4 nitrogen and oxygen atoms in total. The van der Waals surface area contributed by atoms with Crippen LogP contribution in [0.4, 0.5) is 0 Å². The molecule has 0 aliphatic carbocycles. The molecule has 0 rings (SSSR count). The lowest BCUT2D eigenvalue weighted by molar-refractivity contribution is -0.143. The molecule has 0 amide bonds. The predicted molar refractivity (Wildman–Crippen MR) is 62.8 cm³/mol. The number of rotatable bonds is 9. The molecule has 0 aliphatic rings. The van der Waals surface area contributed by atoms with E-state index in [0.29, 0.717) is 19.6 Å². The molecule has 0 spiro atoms. The molecule has 0 radical (unpaired) electrons. The van der Waals surface area contributed by atoms with Gasteiger partial charge in [0.15, 0.2) is 0 Å². The monoisotopic (exact) mass is 226 g/mol. The summed E-state index contributed by atoms with van der Waals surface area (Å²) in [6, 6.07) is 2.15. The van der Waals surface area contributed by atoms with Gasteiger partial charge in [0.25, 0.3) is 0 Å². The first kappa shape index (κ1) is 14.9. The number of unbranched alkanes of at least 4 members (excludes halogenated alkanes) is 2. The molecule has 4 heteroatoms. The standard InChI is InChI=1S/C12H22N2O2/c1-3-14(11-9-13)10-7-5-6-8-12(15)16-4-2/h3-8,10-11H2,1-2H3. The maximum absolute atomic E-state index is 11.0. The number of ether oxygens (including phenoxy) is 1. The molecule has 0 aromatic heterocycles. The zero-order valence-electron chi connectivity index (χ0n) is 10.4. The summed E-state index contributed by atoms with van der Waals surface area (Å²) >= 11 is 0. The van der Waals surface area contributed by atoms with E-state index in [2.05, 4.69) is 17.9 Å². The Labute approximate surface area is 98.2 Å². The van der Waals surface area contributed by atoms with Crippen molar-refractivity contribution in [3.63, 3.8) is 0 Å². The number of hydrogen-bond donors (Lipinski definition) is 0. The van der Waals surface area contributed by atoms with Crippen LogP contribution in [0.25, 0.3) is 0 Å². The van der Waals surface area contributed by atoms with E-state index in [1.54, 1.807) is 0 Å². The van der Waals surface area contributed by atoms with E-state index in [0.717, 1.165) is 32.4 Å². The summed E-state index contributed by atoms with van der Waals surface area (Å²) in [7, 11) is 0. The van der Waals surface area contributed by atoms with Gasteiger partial charge in [-0.3, -0.25) is 9.69 Å². The largest absolute Gasteiger partial charge is 0.466 e. The van der Waals surface area contributed by atoms with Crippen molar-refractivity contribution in [3.05, 3.63) is 0 Å². The van der Waals surface area contributed by atoms with Gasteiger partial charge in [-0.05, 0) is 32.9 Å². The lowest BCUT2D eigenvalue weighted by atomic mass is 10.2. The molecule has 0 fully saturated rings. The molecule has 0 saturated heterocycles. The van der Waals surface area contributed by atoms with Crippen molar-refractivity contribution < 1.29 is 9.53 Å². The number of hydrogen-bond acceptors (Lipinski definition) is 4. The minimum absolute atomic E-state index is 0.105. The Kier molecular flexibility index (Phi) is 9.73. The Balaban J connectivity index is 3.38. The Morgan fingerprint density at radius 1 is 1.31 bits per heavy atom. The van der Waals surface area contributed by atoms with Gasteiger partial charge in [-0.15, -0.1) is 0 Å². The number of carbonyl (C=O) groups excluding carboxylic acids is 1. The van der Waals surface area contributed by atoms with Crippen molar-refractivity contribution >= 4 is 5.97 Å². The van der Waals surface area contributed by atoms with Gasteiger partial charge in [-0.1, -0.05) is 13.3 Å². The smallest absolute Gasteiger partial charge is 0.305 e. The second kappa shape index (κ2) is 10.4. The van der Waals surface area contributed by atoms with Gasteiger partial charge in [0, 0.05) is 6.42 Å². The summed E-state index contributed by atoms with van der Waals surface area (Å²) in [5.74, 6) is -0.105. The lowest BCUT2D eigenvalue weighted by Gasteiger charge is -2.15. The lowest BCUT2D eigenvalue weighted by Crippen LogP contribution is -2.24. The number of nitrogens with zero attached hydrogens (tertiary/aromatic N) is 2. The molecule has 0 aliphatic heterocycles. The second-order valence-electron chi connectivity index (χ2n) is 3.64. The van der Waals surface area contributed by atoms with Crippen LogP contribution in [-0.2, 0) is 9.53 Å². The van der Waals surface area contributed by atoms with Crippen molar-refractivity contribution in [2.24, 2.45) is 0 Å². The third-order valence-corrected chi connectivity index (χ3v) is 2.40. The number of nitriles is 1. The van der Waals surface area contributed by atoms with Gasteiger partial charge in [0.2, 0.25) is 0 Å². The predicted octanol–water partition coefficient (Wildman–Crippen LogP) is 1.96. The third kappa shape index (κ3) is 8.25.